The van der Waals surface area contributed by atoms with E-state index >= 15 is 0 Å². The number of hydrazine groups is 1. The lowest BCUT2D eigenvalue weighted by Crippen LogP contribution is -2.49. The number of rotatable bonds is 4. The van der Waals surface area contributed by atoms with Crippen molar-refractivity contribution in [3.05, 3.63) is 0 Å². The van der Waals surface area contributed by atoms with Gasteiger partial charge in [-0.25, -0.2) is 5.01 Å². The first kappa shape index (κ1) is 12.9. The fraction of sp³-hybridized carbons (Fsp3) is 1.00. The number of hydrogen-bond acceptors (Lipinski definition) is 3. The second kappa shape index (κ2) is 4.94. The van der Waals surface area contributed by atoms with Crippen molar-refractivity contribution in [2.45, 2.75) is 40.7 Å². The summed E-state index contributed by atoms with van der Waals surface area (Å²) in [6.45, 7) is 11.5. The highest BCUT2D eigenvalue weighted by Crippen LogP contribution is 2.17. The van der Waals surface area contributed by atoms with E-state index in [1.165, 1.54) is 0 Å². The lowest BCUT2D eigenvalue weighted by atomic mass is 9.94. The Labute approximate surface area is 81.9 Å². The molecule has 0 aromatic heterocycles. The van der Waals surface area contributed by atoms with Gasteiger partial charge in [0.25, 0.3) is 0 Å². The van der Waals surface area contributed by atoms with Crippen molar-refractivity contribution >= 4 is 0 Å². The Morgan fingerprint density at radius 2 is 1.77 bits per heavy atom. The quantitative estimate of drug-likeness (QED) is 0.515. The summed E-state index contributed by atoms with van der Waals surface area (Å²) in [6.07, 6.45) is 0. The Bertz CT molecular complexity index is 140. The Balaban J connectivity index is 4.14. The molecule has 3 nitrogen and oxygen atoms in total. The Hall–Kier alpha value is -0.120. The maximum Gasteiger partial charge on any atom is 0.0603 e. The molecule has 0 radical (unpaired) electrons. The van der Waals surface area contributed by atoms with E-state index in [2.05, 4.69) is 34.6 Å². The van der Waals surface area contributed by atoms with Gasteiger partial charge in [0.2, 0.25) is 0 Å². The Morgan fingerprint density at radius 1 is 1.31 bits per heavy atom. The van der Waals surface area contributed by atoms with Crippen LogP contribution in [0.3, 0.4) is 0 Å². The molecule has 0 amide bonds. The molecule has 0 rings (SSSR count). The van der Waals surface area contributed by atoms with Crippen LogP contribution >= 0.6 is 0 Å². The number of nitrogens with two attached hydrogens (primary N) is 1. The van der Waals surface area contributed by atoms with Crippen LogP contribution in [0.15, 0.2) is 0 Å². The largest absolute Gasteiger partial charge is 0.395 e. The highest BCUT2D eigenvalue weighted by Gasteiger charge is 2.22. The molecule has 0 heterocycles. The first-order chi connectivity index (χ1) is 5.78. The van der Waals surface area contributed by atoms with Crippen molar-refractivity contribution in [2.75, 3.05) is 13.2 Å². The SMILES string of the molecule is CC(C)[C@@H](CO)N(N)CC(C)(C)C. The van der Waals surface area contributed by atoms with Crippen molar-refractivity contribution < 1.29 is 5.11 Å². The van der Waals surface area contributed by atoms with Crippen LogP contribution in [-0.2, 0) is 0 Å². The molecule has 0 aliphatic heterocycles. The minimum absolute atomic E-state index is 0.0687. The van der Waals surface area contributed by atoms with Crippen LogP contribution in [0.1, 0.15) is 34.6 Å². The Kier molecular flexibility index (Phi) is 4.89. The summed E-state index contributed by atoms with van der Waals surface area (Å²) in [4.78, 5) is 0. The van der Waals surface area contributed by atoms with Crippen molar-refractivity contribution in [3.8, 4) is 0 Å². The summed E-state index contributed by atoms with van der Waals surface area (Å²) >= 11 is 0. The minimum Gasteiger partial charge on any atom is -0.395 e. The second-order valence-corrected chi connectivity index (χ2v) is 5.23. The summed E-state index contributed by atoms with van der Waals surface area (Å²) in [6, 6.07) is 0.0687. The first-order valence-corrected chi connectivity index (χ1v) is 4.90. The zero-order valence-electron chi connectivity index (χ0n) is 9.54. The van der Waals surface area contributed by atoms with E-state index in [9.17, 15) is 0 Å². The van der Waals surface area contributed by atoms with Crippen LogP contribution in [0, 0.1) is 11.3 Å². The smallest absolute Gasteiger partial charge is 0.0603 e. The summed E-state index contributed by atoms with van der Waals surface area (Å²) in [5, 5.41) is 10.9. The number of aliphatic hydroxyl groups excluding tert-OH is 1. The van der Waals surface area contributed by atoms with Gasteiger partial charge < -0.3 is 5.11 Å². The average molecular weight is 188 g/mol. The third-order valence-electron chi connectivity index (χ3n) is 2.04. The molecule has 0 aromatic rings. The maximum atomic E-state index is 9.14. The fourth-order valence-corrected chi connectivity index (χ4v) is 1.36. The van der Waals surface area contributed by atoms with Crippen LogP contribution in [0.2, 0.25) is 0 Å². The molecule has 0 bridgehead atoms. The van der Waals surface area contributed by atoms with Crippen molar-refractivity contribution in [1.29, 1.82) is 0 Å². The standard InChI is InChI=1S/C10H24N2O/c1-8(2)9(6-13)12(11)7-10(3,4)5/h8-9,13H,6-7,11H2,1-5H3/t9-/m1/s1. The van der Waals surface area contributed by atoms with Crippen LogP contribution in [0.5, 0.6) is 0 Å². The Morgan fingerprint density at radius 3 is 2.00 bits per heavy atom. The summed E-state index contributed by atoms with van der Waals surface area (Å²) < 4.78 is 0. The van der Waals surface area contributed by atoms with Gasteiger partial charge in [-0.3, -0.25) is 5.84 Å². The molecule has 0 aromatic carbocycles. The molecule has 0 spiro atoms. The zero-order valence-corrected chi connectivity index (χ0v) is 9.54. The molecule has 0 fully saturated rings. The molecule has 3 N–H and O–H groups in total. The number of nitrogens with zero attached hydrogens (tertiary/aromatic N) is 1. The van der Waals surface area contributed by atoms with Crippen LogP contribution in [0.25, 0.3) is 0 Å². The van der Waals surface area contributed by atoms with E-state index in [1.807, 2.05) is 0 Å². The van der Waals surface area contributed by atoms with Gasteiger partial charge in [-0.2, -0.15) is 0 Å². The van der Waals surface area contributed by atoms with E-state index in [0.29, 0.717) is 5.92 Å². The maximum absolute atomic E-state index is 9.14. The van der Waals surface area contributed by atoms with E-state index in [-0.39, 0.29) is 18.1 Å². The van der Waals surface area contributed by atoms with E-state index in [4.69, 9.17) is 10.9 Å². The van der Waals surface area contributed by atoms with E-state index in [1.54, 1.807) is 5.01 Å². The van der Waals surface area contributed by atoms with Crippen LogP contribution in [-0.4, -0.2) is 29.3 Å². The van der Waals surface area contributed by atoms with Crippen molar-refractivity contribution in [3.63, 3.8) is 0 Å². The fourth-order valence-electron chi connectivity index (χ4n) is 1.36. The predicted molar refractivity (Wildman–Crippen MR) is 56.1 cm³/mol. The molecule has 0 saturated heterocycles. The third-order valence-corrected chi connectivity index (χ3v) is 2.04. The zero-order chi connectivity index (χ0) is 10.6. The molecule has 0 unspecified atom stereocenters. The average Bonchev–Trinajstić information content (AvgIpc) is 1.82. The molecule has 0 aliphatic rings. The summed E-state index contributed by atoms with van der Waals surface area (Å²) in [7, 11) is 0. The van der Waals surface area contributed by atoms with Gasteiger partial charge in [0.1, 0.15) is 0 Å². The normalized spacial score (nSPS) is 15.5. The monoisotopic (exact) mass is 188 g/mol. The number of hydrogen-bond donors (Lipinski definition) is 2. The summed E-state index contributed by atoms with van der Waals surface area (Å²) in [5.41, 5.74) is 0.178. The molecular formula is C10H24N2O. The van der Waals surface area contributed by atoms with Crippen LogP contribution in [0.4, 0.5) is 0 Å². The van der Waals surface area contributed by atoms with E-state index in [0.717, 1.165) is 6.54 Å². The highest BCUT2D eigenvalue weighted by atomic mass is 16.3. The van der Waals surface area contributed by atoms with Gasteiger partial charge >= 0.3 is 0 Å². The molecule has 0 saturated carbocycles. The van der Waals surface area contributed by atoms with E-state index < -0.39 is 0 Å². The van der Waals surface area contributed by atoms with Gasteiger partial charge in [0, 0.05) is 12.6 Å². The number of aliphatic hydroxyl groups is 1. The topological polar surface area (TPSA) is 49.5 Å². The van der Waals surface area contributed by atoms with Gasteiger partial charge in [-0.15, -0.1) is 0 Å². The molecule has 13 heavy (non-hydrogen) atoms. The predicted octanol–water partition coefficient (Wildman–Crippen LogP) is 1.23. The molecule has 1 atom stereocenters. The molecule has 80 valence electrons. The van der Waals surface area contributed by atoms with Gasteiger partial charge in [-0.1, -0.05) is 34.6 Å². The molecule has 0 aliphatic carbocycles. The van der Waals surface area contributed by atoms with Gasteiger partial charge in [-0.05, 0) is 11.3 Å². The summed E-state index contributed by atoms with van der Waals surface area (Å²) in [5.74, 6) is 6.28. The lowest BCUT2D eigenvalue weighted by Gasteiger charge is -2.33. The van der Waals surface area contributed by atoms with Gasteiger partial charge in [0.05, 0.1) is 6.61 Å². The molecular weight excluding hydrogens is 164 g/mol. The van der Waals surface area contributed by atoms with Crippen LogP contribution < -0.4 is 5.84 Å². The lowest BCUT2D eigenvalue weighted by molar-refractivity contribution is 0.0638. The third kappa shape index (κ3) is 5.24. The minimum atomic E-state index is 0.0687. The second-order valence-electron chi connectivity index (χ2n) is 5.23. The van der Waals surface area contributed by atoms with Crippen molar-refractivity contribution in [2.24, 2.45) is 17.2 Å². The van der Waals surface area contributed by atoms with Crippen molar-refractivity contribution in [1.82, 2.24) is 5.01 Å². The molecule has 3 heteroatoms. The van der Waals surface area contributed by atoms with Gasteiger partial charge in [0.15, 0.2) is 0 Å². The first-order valence-electron chi connectivity index (χ1n) is 4.90. The highest BCUT2D eigenvalue weighted by molar-refractivity contribution is 4.74.